The van der Waals surface area contributed by atoms with Crippen LogP contribution >= 0.6 is 7.82 Å². The first-order chi connectivity index (χ1) is 19.8. The fourth-order valence-corrected chi connectivity index (χ4v) is 4.69. The van der Waals surface area contributed by atoms with E-state index in [0.717, 1.165) is 70.6 Å². The third kappa shape index (κ3) is 29.8. The second kappa shape index (κ2) is 28.6. The number of carbonyl (C=O) groups excluding carboxylic acids is 2. The standard InChI is InChI=1S/C31H58NO8P/c1-3-5-7-9-10-11-12-13-14-15-16-17-18-19-20-22-24-31(35)38-27-29(33)28-40-41(36,37)39-26-25-32-30(34)23-21-8-6-4-2/h11-12,14-15,29,33H,3-10,13,16-28H2,1-2H3,(H,32,34)(H,36,37)/b12-11-,15-14-. The summed E-state index contributed by atoms with van der Waals surface area (Å²) in [6.45, 7) is 3.36. The number of ether oxygens (including phenoxy) is 1. The predicted octanol–water partition coefficient (Wildman–Crippen LogP) is 7.31. The van der Waals surface area contributed by atoms with Crippen LogP contribution in [0, 0.1) is 0 Å². The molecule has 0 heterocycles. The highest BCUT2D eigenvalue weighted by atomic mass is 31.2. The van der Waals surface area contributed by atoms with Gasteiger partial charge in [0.25, 0.3) is 0 Å². The zero-order valence-corrected chi connectivity index (χ0v) is 26.6. The number of amides is 1. The maximum atomic E-state index is 11.9. The van der Waals surface area contributed by atoms with Crippen LogP contribution in [0.3, 0.4) is 0 Å². The van der Waals surface area contributed by atoms with Crippen molar-refractivity contribution in [1.82, 2.24) is 5.32 Å². The minimum atomic E-state index is -4.39. The number of rotatable bonds is 29. The van der Waals surface area contributed by atoms with Gasteiger partial charge in [-0.05, 0) is 44.9 Å². The first-order valence-electron chi connectivity index (χ1n) is 15.8. The normalized spacial score (nSPS) is 14.0. The second-order valence-electron chi connectivity index (χ2n) is 10.4. The largest absolute Gasteiger partial charge is 0.472 e. The van der Waals surface area contributed by atoms with Gasteiger partial charge in [0.05, 0.1) is 13.2 Å². The van der Waals surface area contributed by atoms with Gasteiger partial charge in [0.2, 0.25) is 5.91 Å². The van der Waals surface area contributed by atoms with Crippen molar-refractivity contribution in [3.63, 3.8) is 0 Å². The van der Waals surface area contributed by atoms with Gasteiger partial charge >= 0.3 is 13.8 Å². The van der Waals surface area contributed by atoms with Crippen LogP contribution < -0.4 is 5.32 Å². The number of aliphatic hydroxyl groups is 1. The van der Waals surface area contributed by atoms with E-state index in [1.807, 2.05) is 0 Å². The van der Waals surface area contributed by atoms with E-state index >= 15 is 0 Å². The van der Waals surface area contributed by atoms with E-state index in [2.05, 4.69) is 43.5 Å². The molecule has 0 aromatic rings. The number of carbonyl (C=O) groups is 2. The Morgan fingerprint density at radius 2 is 1.32 bits per heavy atom. The van der Waals surface area contributed by atoms with Gasteiger partial charge in [-0.2, -0.15) is 0 Å². The number of phosphoric acid groups is 1. The molecule has 1 amide bonds. The average molecular weight is 604 g/mol. The molecule has 0 aliphatic carbocycles. The number of hydrogen-bond acceptors (Lipinski definition) is 7. The highest BCUT2D eigenvalue weighted by molar-refractivity contribution is 7.47. The molecule has 0 aromatic carbocycles. The summed E-state index contributed by atoms with van der Waals surface area (Å²) < 4.78 is 26.4. The lowest BCUT2D eigenvalue weighted by Crippen LogP contribution is -2.27. The molecular weight excluding hydrogens is 545 g/mol. The van der Waals surface area contributed by atoms with Crippen molar-refractivity contribution >= 4 is 19.7 Å². The summed E-state index contributed by atoms with van der Waals surface area (Å²) in [4.78, 5) is 33.2. The fraction of sp³-hybridized carbons (Fsp3) is 0.806. The summed E-state index contributed by atoms with van der Waals surface area (Å²) >= 11 is 0. The lowest BCUT2D eigenvalue weighted by atomic mass is 10.1. The van der Waals surface area contributed by atoms with Crippen LogP contribution in [-0.2, 0) is 27.9 Å². The van der Waals surface area contributed by atoms with Gasteiger partial charge in [0.15, 0.2) is 0 Å². The van der Waals surface area contributed by atoms with E-state index in [9.17, 15) is 24.2 Å². The van der Waals surface area contributed by atoms with Crippen molar-refractivity contribution in [2.75, 3.05) is 26.4 Å². The van der Waals surface area contributed by atoms with Crippen LogP contribution in [0.4, 0.5) is 0 Å². The molecule has 0 saturated carbocycles. The highest BCUT2D eigenvalue weighted by Gasteiger charge is 2.23. The van der Waals surface area contributed by atoms with Crippen molar-refractivity contribution in [3.8, 4) is 0 Å². The van der Waals surface area contributed by atoms with E-state index in [1.54, 1.807) is 0 Å². The summed E-state index contributed by atoms with van der Waals surface area (Å²) in [5.74, 6) is -0.551. The maximum Gasteiger partial charge on any atom is 0.472 e. The van der Waals surface area contributed by atoms with E-state index < -0.39 is 26.5 Å². The number of allylic oxidation sites excluding steroid dienone is 4. The molecule has 41 heavy (non-hydrogen) atoms. The van der Waals surface area contributed by atoms with Gasteiger partial charge in [-0.1, -0.05) is 95.9 Å². The summed E-state index contributed by atoms with van der Waals surface area (Å²) in [6.07, 6.45) is 25.9. The predicted molar refractivity (Wildman–Crippen MR) is 164 cm³/mol. The highest BCUT2D eigenvalue weighted by Crippen LogP contribution is 2.42. The first kappa shape index (κ1) is 39.5. The first-order valence-corrected chi connectivity index (χ1v) is 17.3. The zero-order valence-electron chi connectivity index (χ0n) is 25.7. The van der Waals surface area contributed by atoms with Crippen molar-refractivity contribution in [1.29, 1.82) is 0 Å². The smallest absolute Gasteiger partial charge is 0.463 e. The minimum Gasteiger partial charge on any atom is -0.463 e. The van der Waals surface area contributed by atoms with Gasteiger partial charge in [-0.25, -0.2) is 4.57 Å². The van der Waals surface area contributed by atoms with E-state index in [4.69, 9.17) is 13.8 Å². The molecule has 2 atom stereocenters. The summed E-state index contributed by atoms with van der Waals surface area (Å²) in [6, 6.07) is 0. The molecule has 2 unspecified atom stereocenters. The monoisotopic (exact) mass is 603 g/mol. The molecule has 240 valence electrons. The molecule has 0 aliphatic rings. The Bertz CT molecular complexity index is 744. The van der Waals surface area contributed by atoms with E-state index in [1.165, 1.54) is 32.1 Å². The average Bonchev–Trinajstić information content (AvgIpc) is 2.95. The molecule has 9 nitrogen and oxygen atoms in total. The molecule has 0 radical (unpaired) electrons. The van der Waals surface area contributed by atoms with Crippen molar-refractivity contribution in [3.05, 3.63) is 24.3 Å². The summed E-state index contributed by atoms with van der Waals surface area (Å²) in [5, 5.41) is 12.5. The minimum absolute atomic E-state index is 0.0783. The molecule has 0 rings (SSSR count). The van der Waals surface area contributed by atoms with E-state index in [-0.39, 0.29) is 32.1 Å². The third-order valence-corrected chi connectivity index (χ3v) is 7.37. The molecule has 0 fully saturated rings. The Hall–Kier alpha value is -1.51. The Balaban J connectivity index is 3.66. The molecule has 0 aliphatic heterocycles. The molecule has 0 bridgehead atoms. The van der Waals surface area contributed by atoms with Gasteiger partial charge < -0.3 is 20.1 Å². The summed E-state index contributed by atoms with van der Waals surface area (Å²) in [5.41, 5.74) is 0. The zero-order chi connectivity index (χ0) is 30.4. The van der Waals surface area contributed by atoms with Gasteiger partial charge in [-0.15, -0.1) is 0 Å². The number of aliphatic hydroxyl groups excluding tert-OH is 1. The topological polar surface area (TPSA) is 131 Å². The molecule has 0 saturated heterocycles. The Morgan fingerprint density at radius 3 is 1.98 bits per heavy atom. The SMILES string of the molecule is CCCCCC/C=C\C/C=C\CCCCCCCC(=O)OCC(O)COP(=O)(O)OCCNC(=O)CCCCCC. The van der Waals surface area contributed by atoms with Crippen molar-refractivity contribution in [2.45, 2.75) is 136 Å². The second-order valence-corrected chi connectivity index (χ2v) is 11.9. The van der Waals surface area contributed by atoms with Crippen LogP contribution in [0.1, 0.15) is 129 Å². The Labute approximate surface area is 249 Å². The van der Waals surface area contributed by atoms with Gasteiger partial charge in [0, 0.05) is 19.4 Å². The number of unbranched alkanes of at least 4 members (excludes halogenated alkanes) is 12. The van der Waals surface area contributed by atoms with Crippen LogP contribution in [0.5, 0.6) is 0 Å². The number of esters is 1. The van der Waals surface area contributed by atoms with Crippen LogP contribution in [0.25, 0.3) is 0 Å². The Morgan fingerprint density at radius 1 is 0.756 bits per heavy atom. The molecule has 10 heteroatoms. The van der Waals surface area contributed by atoms with Crippen LogP contribution in [-0.4, -0.2) is 54.3 Å². The maximum absolute atomic E-state index is 11.9. The van der Waals surface area contributed by atoms with Crippen LogP contribution in [0.2, 0.25) is 0 Å². The lowest BCUT2D eigenvalue weighted by Gasteiger charge is -2.15. The fourth-order valence-electron chi connectivity index (χ4n) is 3.94. The number of phosphoric ester groups is 1. The molecular formula is C31H58NO8P. The van der Waals surface area contributed by atoms with Gasteiger partial charge in [-0.3, -0.25) is 18.6 Å². The number of nitrogens with one attached hydrogen (secondary N) is 1. The van der Waals surface area contributed by atoms with Gasteiger partial charge in [0.1, 0.15) is 12.7 Å². The summed E-state index contributed by atoms with van der Waals surface area (Å²) in [7, 11) is -4.39. The number of hydrogen-bond donors (Lipinski definition) is 3. The van der Waals surface area contributed by atoms with Crippen molar-refractivity contribution in [2.24, 2.45) is 0 Å². The third-order valence-electron chi connectivity index (χ3n) is 6.38. The molecule has 0 spiro atoms. The van der Waals surface area contributed by atoms with E-state index in [0.29, 0.717) is 6.42 Å². The Kier molecular flexibility index (Phi) is 27.5. The molecule has 0 aromatic heterocycles. The van der Waals surface area contributed by atoms with Crippen molar-refractivity contribution < 1.29 is 37.9 Å². The quantitative estimate of drug-likeness (QED) is 0.0351. The van der Waals surface area contributed by atoms with Crippen LogP contribution in [0.15, 0.2) is 24.3 Å². The molecule has 3 N–H and O–H groups in total. The lowest BCUT2D eigenvalue weighted by molar-refractivity contribution is -0.147.